The number of benzene rings is 1. The molecule has 2 aromatic rings. The monoisotopic (exact) mass is 335 g/mol. The van der Waals surface area contributed by atoms with Crippen LogP contribution in [0.1, 0.15) is 64.2 Å². The summed E-state index contributed by atoms with van der Waals surface area (Å²) in [5.41, 5.74) is 5.55. The first-order chi connectivity index (χ1) is 11.9. The molecule has 4 nitrogen and oxygen atoms in total. The number of hydrogen-bond acceptors (Lipinski definition) is 3. The number of rotatable bonds is 2. The van der Waals surface area contributed by atoms with Crippen molar-refractivity contribution in [3.05, 3.63) is 58.2 Å². The minimum atomic E-state index is 0.155. The molecule has 0 spiro atoms. The second kappa shape index (κ2) is 5.94. The smallest absolute Gasteiger partial charge is 0.253 e. The number of likely N-dealkylation sites (tertiary alicyclic amines) is 1. The van der Waals surface area contributed by atoms with Gasteiger partial charge in [0.2, 0.25) is 0 Å². The number of hydrogen-bond donors (Lipinski definition) is 0. The van der Waals surface area contributed by atoms with Crippen LogP contribution in [0, 0.1) is 19.8 Å². The maximum absolute atomic E-state index is 12.9. The summed E-state index contributed by atoms with van der Waals surface area (Å²) in [5.74, 6) is 2.32. The molecule has 1 aromatic carbocycles. The summed E-state index contributed by atoms with van der Waals surface area (Å²) in [6.45, 7) is 9.95. The molecule has 1 aromatic heterocycles. The summed E-state index contributed by atoms with van der Waals surface area (Å²) in [7, 11) is 0. The van der Waals surface area contributed by atoms with Gasteiger partial charge in [0.1, 0.15) is 5.82 Å². The second-order valence-corrected chi connectivity index (χ2v) is 7.94. The molecule has 1 amide bonds. The molecule has 2 aliphatic rings. The van der Waals surface area contributed by atoms with Crippen molar-refractivity contribution < 1.29 is 4.79 Å². The van der Waals surface area contributed by atoms with Crippen molar-refractivity contribution in [3.63, 3.8) is 0 Å². The van der Waals surface area contributed by atoms with Crippen molar-refractivity contribution in [2.24, 2.45) is 5.92 Å². The van der Waals surface area contributed by atoms with Gasteiger partial charge in [-0.2, -0.15) is 0 Å². The number of amides is 1. The summed E-state index contributed by atoms with van der Waals surface area (Å²) in [6.07, 6.45) is 2.98. The highest BCUT2D eigenvalue weighted by Gasteiger charge is 2.42. The molecule has 1 aliphatic heterocycles. The molecule has 0 N–H and O–H groups in total. The van der Waals surface area contributed by atoms with Gasteiger partial charge in [-0.1, -0.05) is 31.0 Å². The standard InChI is InChI=1S/C21H25N3O/c1-12(2)20-22-9-17-18-11-24(10-16(18)8-19(17)23-20)21(25)15-6-13(3)5-14(4)7-15/h5-7,9,12,16,18H,8,10-11H2,1-4H3/t16-,18-/m1/s1. The number of aromatic nitrogens is 2. The van der Waals surface area contributed by atoms with E-state index < -0.39 is 0 Å². The van der Waals surface area contributed by atoms with E-state index in [9.17, 15) is 4.79 Å². The highest BCUT2D eigenvalue weighted by molar-refractivity contribution is 5.95. The lowest BCUT2D eigenvalue weighted by molar-refractivity contribution is 0.0785. The summed E-state index contributed by atoms with van der Waals surface area (Å²) < 4.78 is 0. The number of fused-ring (bicyclic) bond motifs is 3. The lowest BCUT2D eigenvalue weighted by atomic mass is 9.97. The number of aryl methyl sites for hydroxylation is 2. The molecular weight excluding hydrogens is 310 g/mol. The van der Waals surface area contributed by atoms with E-state index in [1.807, 2.05) is 37.1 Å². The van der Waals surface area contributed by atoms with Crippen LogP contribution in [-0.2, 0) is 6.42 Å². The van der Waals surface area contributed by atoms with E-state index in [4.69, 9.17) is 4.98 Å². The normalized spacial score (nSPS) is 21.6. The van der Waals surface area contributed by atoms with E-state index in [-0.39, 0.29) is 5.91 Å². The lowest BCUT2D eigenvalue weighted by Gasteiger charge is -2.18. The molecule has 130 valence electrons. The van der Waals surface area contributed by atoms with E-state index in [2.05, 4.69) is 24.9 Å². The molecule has 0 saturated carbocycles. The van der Waals surface area contributed by atoms with Gasteiger partial charge in [-0.3, -0.25) is 4.79 Å². The Bertz CT molecular complexity index is 823. The zero-order valence-corrected chi connectivity index (χ0v) is 15.4. The molecule has 1 aliphatic carbocycles. The van der Waals surface area contributed by atoms with Crippen LogP contribution in [0.3, 0.4) is 0 Å². The van der Waals surface area contributed by atoms with E-state index in [0.717, 1.165) is 42.0 Å². The van der Waals surface area contributed by atoms with Gasteiger partial charge in [-0.15, -0.1) is 0 Å². The highest BCUT2D eigenvalue weighted by atomic mass is 16.2. The Hall–Kier alpha value is -2.23. The largest absolute Gasteiger partial charge is 0.338 e. The number of carbonyl (C=O) groups excluding carboxylic acids is 1. The third-order valence-electron chi connectivity index (χ3n) is 5.49. The van der Waals surface area contributed by atoms with Crippen LogP contribution in [0.4, 0.5) is 0 Å². The van der Waals surface area contributed by atoms with Gasteiger partial charge in [0.15, 0.2) is 0 Å². The summed E-state index contributed by atoms with van der Waals surface area (Å²) in [6, 6.07) is 6.10. The zero-order valence-electron chi connectivity index (χ0n) is 15.4. The first kappa shape index (κ1) is 16.2. The average Bonchev–Trinajstić information content (AvgIpc) is 3.10. The molecule has 0 radical (unpaired) electrons. The van der Waals surface area contributed by atoms with Crippen molar-refractivity contribution in [2.45, 2.75) is 46.0 Å². The van der Waals surface area contributed by atoms with Gasteiger partial charge < -0.3 is 4.90 Å². The molecule has 2 atom stereocenters. The SMILES string of the molecule is Cc1cc(C)cc(C(=O)N2C[C@H]3Cc4nc(C(C)C)ncc4[C@@H]3C2)c1. The fourth-order valence-electron chi connectivity index (χ4n) is 4.32. The third-order valence-corrected chi connectivity index (χ3v) is 5.49. The van der Waals surface area contributed by atoms with Gasteiger partial charge in [0.25, 0.3) is 5.91 Å². The molecular formula is C21H25N3O. The van der Waals surface area contributed by atoms with Crippen LogP contribution in [0.5, 0.6) is 0 Å². The molecule has 2 heterocycles. The molecule has 0 unspecified atom stereocenters. The number of carbonyl (C=O) groups is 1. The highest BCUT2D eigenvalue weighted by Crippen LogP contribution is 2.42. The predicted molar refractivity (Wildman–Crippen MR) is 97.9 cm³/mol. The zero-order chi connectivity index (χ0) is 17.7. The minimum absolute atomic E-state index is 0.155. The average molecular weight is 335 g/mol. The molecule has 4 heteroatoms. The Labute approximate surface area is 149 Å². The van der Waals surface area contributed by atoms with Crippen LogP contribution in [-0.4, -0.2) is 33.9 Å². The summed E-state index contributed by atoms with van der Waals surface area (Å²) in [5, 5.41) is 0. The van der Waals surface area contributed by atoms with Crippen LogP contribution >= 0.6 is 0 Å². The van der Waals surface area contributed by atoms with Crippen LogP contribution in [0.2, 0.25) is 0 Å². The summed E-state index contributed by atoms with van der Waals surface area (Å²) in [4.78, 5) is 24.3. The van der Waals surface area contributed by atoms with Gasteiger partial charge in [-0.25, -0.2) is 9.97 Å². The van der Waals surface area contributed by atoms with Gasteiger partial charge in [-0.05, 0) is 43.9 Å². The van der Waals surface area contributed by atoms with Gasteiger partial charge >= 0.3 is 0 Å². The molecule has 0 bridgehead atoms. The minimum Gasteiger partial charge on any atom is -0.338 e. The Morgan fingerprint density at radius 1 is 1.16 bits per heavy atom. The fraction of sp³-hybridized carbons (Fsp3) is 0.476. The first-order valence-corrected chi connectivity index (χ1v) is 9.15. The molecule has 4 rings (SSSR count). The van der Waals surface area contributed by atoms with Crippen LogP contribution in [0.25, 0.3) is 0 Å². The topological polar surface area (TPSA) is 46.1 Å². The summed E-state index contributed by atoms with van der Waals surface area (Å²) >= 11 is 0. The quantitative estimate of drug-likeness (QED) is 0.842. The second-order valence-electron chi connectivity index (χ2n) is 7.94. The van der Waals surface area contributed by atoms with E-state index in [1.165, 1.54) is 11.3 Å². The lowest BCUT2D eigenvalue weighted by Crippen LogP contribution is -2.29. The van der Waals surface area contributed by atoms with E-state index >= 15 is 0 Å². The molecule has 25 heavy (non-hydrogen) atoms. The maximum atomic E-state index is 12.9. The van der Waals surface area contributed by atoms with Crippen molar-refractivity contribution >= 4 is 5.91 Å². The Balaban J connectivity index is 1.55. The van der Waals surface area contributed by atoms with Gasteiger partial charge in [0.05, 0.1) is 0 Å². The molecule has 1 fully saturated rings. The van der Waals surface area contributed by atoms with Crippen molar-refractivity contribution in [1.82, 2.24) is 14.9 Å². The molecule has 1 saturated heterocycles. The Morgan fingerprint density at radius 3 is 2.56 bits per heavy atom. The first-order valence-electron chi connectivity index (χ1n) is 9.15. The van der Waals surface area contributed by atoms with Crippen molar-refractivity contribution in [1.29, 1.82) is 0 Å². The van der Waals surface area contributed by atoms with Crippen LogP contribution in [0.15, 0.2) is 24.4 Å². The van der Waals surface area contributed by atoms with Crippen LogP contribution < -0.4 is 0 Å². The van der Waals surface area contributed by atoms with Crippen molar-refractivity contribution in [2.75, 3.05) is 13.1 Å². The Morgan fingerprint density at radius 2 is 1.88 bits per heavy atom. The Kier molecular flexibility index (Phi) is 3.86. The van der Waals surface area contributed by atoms with E-state index in [1.54, 1.807) is 0 Å². The van der Waals surface area contributed by atoms with Gasteiger partial charge in [0, 0.05) is 42.4 Å². The fourth-order valence-corrected chi connectivity index (χ4v) is 4.32. The number of nitrogens with zero attached hydrogens (tertiary/aromatic N) is 3. The van der Waals surface area contributed by atoms with Crippen molar-refractivity contribution in [3.8, 4) is 0 Å². The maximum Gasteiger partial charge on any atom is 0.253 e. The van der Waals surface area contributed by atoms with E-state index in [0.29, 0.717) is 17.8 Å². The predicted octanol–water partition coefficient (Wildman–Crippen LogP) is 3.63. The third kappa shape index (κ3) is 2.84.